The van der Waals surface area contributed by atoms with Gasteiger partial charge in [0.2, 0.25) is 0 Å². The fourth-order valence-electron chi connectivity index (χ4n) is 3.20. The number of rotatable bonds is 4. The Bertz CT molecular complexity index is 543. The molecule has 1 aliphatic rings. The van der Waals surface area contributed by atoms with E-state index in [-0.39, 0.29) is 12.1 Å². The highest BCUT2D eigenvalue weighted by atomic mass is 15.4. The second kappa shape index (κ2) is 6.37. The fraction of sp³-hybridized carbons (Fsp3) is 0.571. The van der Waals surface area contributed by atoms with Gasteiger partial charge in [0.25, 0.3) is 0 Å². The van der Waals surface area contributed by atoms with Crippen molar-refractivity contribution in [3.8, 4) is 0 Å². The molecule has 1 saturated heterocycles. The normalized spacial score (nSPS) is 28.5. The highest BCUT2D eigenvalue weighted by Crippen LogP contribution is 2.27. The highest BCUT2D eigenvalue weighted by molar-refractivity contribution is 5.01. The molecule has 2 unspecified atom stereocenters. The SMILES string of the molecule is CCC[N+]1(C)CC(c2ncncn2)NC(c2ncncn2)C1. The van der Waals surface area contributed by atoms with Crippen LogP contribution in [0.1, 0.15) is 37.1 Å². The Morgan fingerprint density at radius 1 is 0.955 bits per heavy atom. The van der Waals surface area contributed by atoms with Crippen molar-refractivity contribution in [2.75, 3.05) is 26.7 Å². The number of aromatic nitrogens is 6. The van der Waals surface area contributed by atoms with Gasteiger partial charge in [-0.2, -0.15) is 0 Å². The van der Waals surface area contributed by atoms with Gasteiger partial charge in [0.15, 0.2) is 11.6 Å². The molecule has 0 amide bonds. The Kier molecular flexibility index (Phi) is 4.30. The maximum absolute atomic E-state index is 4.31. The first kappa shape index (κ1) is 14.9. The lowest BCUT2D eigenvalue weighted by molar-refractivity contribution is -0.918. The summed E-state index contributed by atoms with van der Waals surface area (Å²) >= 11 is 0. The predicted octanol–water partition coefficient (Wildman–Crippen LogP) is 0.299. The summed E-state index contributed by atoms with van der Waals surface area (Å²) in [7, 11) is 2.27. The van der Waals surface area contributed by atoms with E-state index in [0.29, 0.717) is 0 Å². The lowest BCUT2D eigenvalue weighted by Crippen LogP contribution is -2.59. The summed E-state index contributed by atoms with van der Waals surface area (Å²) < 4.78 is 0.941. The van der Waals surface area contributed by atoms with Gasteiger partial charge in [-0.05, 0) is 6.42 Å². The number of piperazine rings is 1. The van der Waals surface area contributed by atoms with Gasteiger partial charge in [0, 0.05) is 0 Å². The van der Waals surface area contributed by atoms with Crippen LogP contribution in [0.25, 0.3) is 0 Å². The molecule has 8 nitrogen and oxygen atoms in total. The third-order valence-electron chi connectivity index (χ3n) is 4.06. The zero-order valence-electron chi connectivity index (χ0n) is 12.9. The Morgan fingerprint density at radius 3 is 1.82 bits per heavy atom. The van der Waals surface area contributed by atoms with Crippen LogP contribution in [0.5, 0.6) is 0 Å². The number of nitrogens with zero attached hydrogens (tertiary/aromatic N) is 7. The Labute approximate surface area is 129 Å². The van der Waals surface area contributed by atoms with Gasteiger partial charge in [0.05, 0.1) is 13.6 Å². The molecule has 0 saturated carbocycles. The van der Waals surface area contributed by atoms with E-state index < -0.39 is 0 Å². The van der Waals surface area contributed by atoms with Crippen molar-refractivity contribution in [2.24, 2.45) is 0 Å². The van der Waals surface area contributed by atoms with E-state index in [9.17, 15) is 0 Å². The van der Waals surface area contributed by atoms with E-state index >= 15 is 0 Å². The van der Waals surface area contributed by atoms with Crippen LogP contribution in [-0.4, -0.2) is 61.1 Å². The summed E-state index contributed by atoms with van der Waals surface area (Å²) in [6.45, 7) is 5.20. The van der Waals surface area contributed by atoms with Gasteiger partial charge in [-0.15, -0.1) is 0 Å². The van der Waals surface area contributed by atoms with Gasteiger partial charge in [-0.3, -0.25) is 5.32 Å². The van der Waals surface area contributed by atoms with Crippen molar-refractivity contribution in [1.82, 2.24) is 35.2 Å². The van der Waals surface area contributed by atoms with Crippen LogP contribution in [0.15, 0.2) is 25.3 Å². The van der Waals surface area contributed by atoms with Crippen molar-refractivity contribution in [2.45, 2.75) is 25.4 Å². The molecule has 0 bridgehead atoms. The molecular weight excluding hydrogens is 280 g/mol. The molecule has 0 aliphatic carbocycles. The molecule has 2 aromatic rings. The lowest BCUT2D eigenvalue weighted by atomic mass is 10.1. The van der Waals surface area contributed by atoms with Crippen LogP contribution in [0.3, 0.4) is 0 Å². The Morgan fingerprint density at radius 2 is 1.41 bits per heavy atom. The first-order valence-electron chi connectivity index (χ1n) is 7.53. The molecule has 3 rings (SSSR count). The summed E-state index contributed by atoms with van der Waals surface area (Å²) in [5.41, 5.74) is 0. The van der Waals surface area contributed by atoms with Crippen LogP contribution in [0.4, 0.5) is 0 Å². The lowest BCUT2D eigenvalue weighted by Gasteiger charge is -2.44. The first-order chi connectivity index (χ1) is 10.7. The average Bonchev–Trinajstić information content (AvgIpc) is 2.56. The minimum atomic E-state index is 0.0649. The number of quaternary nitrogens is 1. The summed E-state index contributed by atoms with van der Waals surface area (Å²) in [6, 6.07) is 0.130. The van der Waals surface area contributed by atoms with Crippen LogP contribution >= 0.6 is 0 Å². The molecule has 2 atom stereocenters. The van der Waals surface area contributed by atoms with Gasteiger partial charge in [-0.25, -0.2) is 29.9 Å². The number of hydrogen-bond donors (Lipinski definition) is 1. The van der Waals surface area contributed by atoms with E-state index in [2.05, 4.69) is 49.2 Å². The van der Waals surface area contributed by atoms with Crippen molar-refractivity contribution >= 4 is 0 Å². The summed E-state index contributed by atoms with van der Waals surface area (Å²) in [4.78, 5) is 25.0. The van der Waals surface area contributed by atoms with E-state index in [4.69, 9.17) is 0 Å². The zero-order valence-corrected chi connectivity index (χ0v) is 12.9. The largest absolute Gasteiger partial charge is 0.323 e. The van der Waals surface area contributed by atoms with Crippen molar-refractivity contribution in [3.05, 3.63) is 37.0 Å². The van der Waals surface area contributed by atoms with Crippen LogP contribution < -0.4 is 5.32 Å². The number of likely N-dealkylation sites (N-methyl/N-ethyl adjacent to an activating group) is 1. The third kappa shape index (κ3) is 3.23. The van der Waals surface area contributed by atoms with E-state index in [1.807, 2.05) is 0 Å². The predicted molar refractivity (Wildman–Crippen MR) is 79.3 cm³/mol. The number of hydrogen-bond acceptors (Lipinski definition) is 7. The molecule has 1 fully saturated rings. The average molecular weight is 301 g/mol. The molecule has 0 radical (unpaired) electrons. The van der Waals surface area contributed by atoms with Gasteiger partial charge in [0.1, 0.15) is 50.5 Å². The van der Waals surface area contributed by atoms with E-state index in [1.54, 1.807) is 25.3 Å². The molecule has 8 heteroatoms. The maximum atomic E-state index is 4.31. The van der Waals surface area contributed by atoms with Crippen molar-refractivity contribution in [1.29, 1.82) is 0 Å². The standard InChI is InChI=1S/C14H21N8/c1-3-4-22(2)5-11(13-17-7-15-8-18-13)21-12(6-22)14-19-9-16-10-20-14/h7-12,21H,3-6H2,1-2H3/q+1. The smallest absolute Gasteiger partial charge is 0.154 e. The van der Waals surface area contributed by atoms with Gasteiger partial charge < -0.3 is 4.48 Å². The van der Waals surface area contributed by atoms with Crippen molar-refractivity contribution < 1.29 is 4.48 Å². The summed E-state index contributed by atoms with van der Waals surface area (Å²) in [6.07, 6.45) is 7.30. The molecule has 116 valence electrons. The molecule has 22 heavy (non-hydrogen) atoms. The van der Waals surface area contributed by atoms with E-state index in [1.165, 1.54) is 0 Å². The number of nitrogens with one attached hydrogen (secondary N) is 1. The molecule has 0 aromatic carbocycles. The molecule has 1 aliphatic heterocycles. The third-order valence-corrected chi connectivity index (χ3v) is 4.06. The van der Waals surface area contributed by atoms with Gasteiger partial charge in [-0.1, -0.05) is 6.92 Å². The Balaban J connectivity index is 1.89. The van der Waals surface area contributed by atoms with Crippen molar-refractivity contribution in [3.63, 3.8) is 0 Å². The van der Waals surface area contributed by atoms with Gasteiger partial charge >= 0.3 is 0 Å². The van der Waals surface area contributed by atoms with Crippen LogP contribution in [0, 0.1) is 0 Å². The van der Waals surface area contributed by atoms with E-state index in [0.717, 1.165) is 42.2 Å². The first-order valence-corrected chi connectivity index (χ1v) is 7.53. The molecule has 0 spiro atoms. The minimum Gasteiger partial charge on any atom is -0.323 e. The quantitative estimate of drug-likeness (QED) is 0.812. The summed E-state index contributed by atoms with van der Waals surface area (Å²) in [5.74, 6) is 1.54. The molecule has 1 N–H and O–H groups in total. The summed E-state index contributed by atoms with van der Waals surface area (Å²) in [5, 5.41) is 3.58. The zero-order chi connectivity index (χ0) is 15.4. The monoisotopic (exact) mass is 301 g/mol. The Hall–Kier alpha value is -2.06. The van der Waals surface area contributed by atoms with Crippen LogP contribution in [0.2, 0.25) is 0 Å². The molecular formula is C14H21N8+. The molecule has 2 aromatic heterocycles. The second-order valence-electron chi connectivity index (χ2n) is 5.97. The molecule has 3 heterocycles. The highest BCUT2D eigenvalue weighted by Gasteiger charge is 2.39. The fourth-order valence-corrected chi connectivity index (χ4v) is 3.20. The topological polar surface area (TPSA) is 89.4 Å². The van der Waals surface area contributed by atoms with Crippen LogP contribution in [-0.2, 0) is 0 Å². The second-order valence-corrected chi connectivity index (χ2v) is 5.97. The minimum absolute atomic E-state index is 0.0649. The maximum Gasteiger partial charge on any atom is 0.154 e.